The van der Waals surface area contributed by atoms with E-state index in [9.17, 15) is 14.9 Å². The first-order valence-electron chi connectivity index (χ1n) is 8.19. The maximum absolute atomic E-state index is 12.4. The van der Waals surface area contributed by atoms with Crippen LogP contribution in [0.25, 0.3) is 0 Å². The minimum atomic E-state index is -0.472. The summed E-state index contributed by atoms with van der Waals surface area (Å²) < 4.78 is 0. The standard InChI is InChI=1S/C19H17N3O3S/c1-14-4-2-6-16(20-14)7-3-5-15-10-12-21(13-11-15)19(23)17-8-9-18(26-17)22(24)25/h2,4-6,8-9H,10-13H2,1H3. The molecule has 132 valence electrons. The fourth-order valence-corrected chi connectivity index (χ4v) is 3.45. The molecule has 0 aliphatic carbocycles. The maximum Gasteiger partial charge on any atom is 0.324 e. The number of amides is 1. The number of piperidine rings is 1. The van der Waals surface area contributed by atoms with Gasteiger partial charge in [-0.1, -0.05) is 28.9 Å². The minimum absolute atomic E-state index is 0.00835. The number of hydrogen-bond acceptors (Lipinski definition) is 5. The van der Waals surface area contributed by atoms with Crippen molar-refractivity contribution in [1.29, 1.82) is 0 Å². The summed E-state index contributed by atoms with van der Waals surface area (Å²) in [7, 11) is 0. The van der Waals surface area contributed by atoms with Crippen molar-refractivity contribution in [3.05, 3.63) is 68.4 Å². The van der Waals surface area contributed by atoms with E-state index in [1.165, 1.54) is 17.7 Å². The lowest BCUT2D eigenvalue weighted by Gasteiger charge is -2.27. The van der Waals surface area contributed by atoms with Gasteiger partial charge in [-0.2, -0.15) is 0 Å². The Bertz CT molecular complexity index is 927. The number of aryl methyl sites for hydroxylation is 1. The maximum atomic E-state index is 12.4. The van der Waals surface area contributed by atoms with Crippen molar-refractivity contribution in [2.24, 2.45) is 0 Å². The quantitative estimate of drug-likeness (QED) is 0.462. The Morgan fingerprint density at radius 3 is 2.73 bits per heavy atom. The number of carbonyl (C=O) groups is 1. The van der Waals surface area contributed by atoms with E-state index in [2.05, 4.69) is 16.8 Å². The van der Waals surface area contributed by atoms with Crippen molar-refractivity contribution in [2.75, 3.05) is 13.1 Å². The van der Waals surface area contributed by atoms with E-state index in [4.69, 9.17) is 0 Å². The molecule has 1 fully saturated rings. The summed E-state index contributed by atoms with van der Waals surface area (Å²) in [5, 5.41) is 10.7. The smallest absolute Gasteiger partial charge is 0.324 e. The van der Waals surface area contributed by atoms with Crippen LogP contribution in [0.1, 0.15) is 33.9 Å². The zero-order valence-corrected chi connectivity index (χ0v) is 15.1. The summed E-state index contributed by atoms with van der Waals surface area (Å²) in [4.78, 5) is 29.2. The summed E-state index contributed by atoms with van der Waals surface area (Å²) in [6.45, 7) is 3.13. The van der Waals surface area contributed by atoms with E-state index in [0.29, 0.717) is 18.0 Å². The molecule has 1 amide bonds. The number of aromatic nitrogens is 1. The summed E-state index contributed by atoms with van der Waals surface area (Å²) in [6, 6.07) is 8.63. The Hall–Kier alpha value is -2.98. The molecule has 1 saturated heterocycles. The number of carbonyl (C=O) groups excluding carboxylic acids is 1. The predicted molar refractivity (Wildman–Crippen MR) is 100 cm³/mol. The number of nitro groups is 1. The van der Waals surface area contributed by atoms with Gasteiger partial charge in [0.1, 0.15) is 5.69 Å². The zero-order chi connectivity index (χ0) is 18.5. The fourth-order valence-electron chi connectivity index (χ4n) is 2.66. The number of pyridine rings is 1. The van der Waals surface area contributed by atoms with Crippen LogP contribution in [0.2, 0.25) is 0 Å². The van der Waals surface area contributed by atoms with Crippen LogP contribution in [-0.2, 0) is 0 Å². The van der Waals surface area contributed by atoms with E-state index in [1.54, 1.807) is 4.90 Å². The van der Waals surface area contributed by atoms with E-state index in [-0.39, 0.29) is 10.9 Å². The van der Waals surface area contributed by atoms with Crippen molar-refractivity contribution in [3.63, 3.8) is 0 Å². The number of hydrogen-bond donors (Lipinski definition) is 0. The lowest BCUT2D eigenvalue weighted by atomic mass is 10.0. The number of thiophene rings is 1. The second kappa shape index (κ2) is 7.93. The molecule has 1 aliphatic rings. The van der Waals surface area contributed by atoms with Crippen LogP contribution < -0.4 is 0 Å². The van der Waals surface area contributed by atoms with Gasteiger partial charge < -0.3 is 4.90 Å². The van der Waals surface area contributed by atoms with Gasteiger partial charge in [-0.25, -0.2) is 4.98 Å². The van der Waals surface area contributed by atoms with Crippen molar-refractivity contribution < 1.29 is 9.72 Å². The fraction of sp³-hybridized carbons (Fsp3) is 0.263. The van der Waals surface area contributed by atoms with Gasteiger partial charge in [-0.3, -0.25) is 14.9 Å². The van der Waals surface area contributed by atoms with Gasteiger partial charge in [0, 0.05) is 24.8 Å². The summed E-state index contributed by atoms with van der Waals surface area (Å²) >= 11 is 0.922. The van der Waals surface area contributed by atoms with Crippen molar-refractivity contribution in [2.45, 2.75) is 19.8 Å². The van der Waals surface area contributed by atoms with Crippen LogP contribution >= 0.6 is 11.3 Å². The molecule has 0 unspecified atom stereocenters. The first kappa shape index (κ1) is 17.8. The monoisotopic (exact) mass is 367 g/mol. The highest BCUT2D eigenvalue weighted by Gasteiger charge is 2.23. The molecule has 2 aromatic heterocycles. The lowest BCUT2D eigenvalue weighted by molar-refractivity contribution is -0.380. The van der Waals surface area contributed by atoms with Crippen LogP contribution in [0.3, 0.4) is 0 Å². The minimum Gasteiger partial charge on any atom is -0.337 e. The molecule has 0 atom stereocenters. The van der Waals surface area contributed by atoms with E-state index >= 15 is 0 Å². The largest absolute Gasteiger partial charge is 0.337 e. The molecule has 0 saturated carbocycles. The van der Waals surface area contributed by atoms with Gasteiger partial charge in [-0.15, -0.1) is 0 Å². The number of rotatable bonds is 2. The van der Waals surface area contributed by atoms with Crippen LogP contribution in [0, 0.1) is 28.9 Å². The summed E-state index contributed by atoms with van der Waals surface area (Å²) in [5.41, 5.74) is 2.88. The Balaban J connectivity index is 1.58. The van der Waals surface area contributed by atoms with E-state index < -0.39 is 4.92 Å². The number of nitrogens with zero attached hydrogens (tertiary/aromatic N) is 3. The van der Waals surface area contributed by atoms with Gasteiger partial charge >= 0.3 is 5.00 Å². The van der Waals surface area contributed by atoms with Crippen molar-refractivity contribution in [3.8, 4) is 11.8 Å². The molecule has 1 aliphatic heterocycles. The summed E-state index contributed by atoms with van der Waals surface area (Å²) in [5.74, 6) is 5.92. The average Bonchev–Trinajstić information content (AvgIpc) is 3.12. The van der Waals surface area contributed by atoms with Crippen molar-refractivity contribution >= 4 is 22.2 Å². The third-order valence-electron chi connectivity index (χ3n) is 4.04. The van der Waals surface area contributed by atoms with Crippen LogP contribution in [0.5, 0.6) is 0 Å². The first-order valence-corrected chi connectivity index (χ1v) is 9.01. The SMILES string of the molecule is Cc1cccc(C#CC=C2CCN(C(=O)c3ccc([N+](=O)[O-])s3)CC2)n1. The second-order valence-electron chi connectivity index (χ2n) is 5.92. The average molecular weight is 367 g/mol. The highest BCUT2D eigenvalue weighted by atomic mass is 32.1. The molecule has 0 aromatic carbocycles. The molecule has 6 nitrogen and oxygen atoms in total. The molecule has 2 aromatic rings. The molecule has 26 heavy (non-hydrogen) atoms. The third kappa shape index (κ3) is 4.35. The van der Waals surface area contributed by atoms with Crippen molar-refractivity contribution in [1.82, 2.24) is 9.88 Å². The lowest BCUT2D eigenvalue weighted by Crippen LogP contribution is -2.35. The molecule has 7 heteroatoms. The Morgan fingerprint density at radius 1 is 1.31 bits per heavy atom. The Kier molecular flexibility index (Phi) is 5.44. The molecule has 0 spiro atoms. The number of allylic oxidation sites excluding steroid dienone is 1. The summed E-state index contributed by atoms with van der Waals surface area (Å²) in [6.07, 6.45) is 3.42. The van der Waals surface area contributed by atoms with Gasteiger partial charge in [0.15, 0.2) is 0 Å². The molecular formula is C19H17N3O3S. The van der Waals surface area contributed by atoms with Crippen LogP contribution in [0.15, 0.2) is 42.0 Å². The van der Waals surface area contributed by atoms with Gasteiger partial charge in [0.25, 0.3) is 5.91 Å². The molecule has 0 N–H and O–H groups in total. The number of likely N-dealkylation sites (tertiary alicyclic amines) is 1. The van der Waals surface area contributed by atoms with Gasteiger partial charge in [0.2, 0.25) is 0 Å². The highest BCUT2D eigenvalue weighted by Crippen LogP contribution is 2.26. The normalized spacial score (nSPS) is 13.7. The second-order valence-corrected chi connectivity index (χ2v) is 6.99. The third-order valence-corrected chi connectivity index (χ3v) is 5.07. The molecule has 3 rings (SSSR count). The predicted octanol–water partition coefficient (Wildman–Crippen LogP) is 3.57. The van der Waals surface area contributed by atoms with Gasteiger partial charge in [0.05, 0.1) is 9.80 Å². The molecule has 0 bridgehead atoms. The zero-order valence-electron chi connectivity index (χ0n) is 14.3. The first-order chi connectivity index (χ1) is 12.5. The molecule has 0 radical (unpaired) electrons. The molecular weight excluding hydrogens is 350 g/mol. The highest BCUT2D eigenvalue weighted by molar-refractivity contribution is 7.17. The van der Waals surface area contributed by atoms with Crippen LogP contribution in [0.4, 0.5) is 5.00 Å². The molecule has 3 heterocycles. The van der Waals surface area contributed by atoms with Gasteiger partial charge in [-0.05, 0) is 50.0 Å². The topological polar surface area (TPSA) is 76.3 Å². The van der Waals surface area contributed by atoms with E-state index in [1.807, 2.05) is 31.2 Å². The van der Waals surface area contributed by atoms with Crippen LogP contribution in [-0.4, -0.2) is 33.8 Å². The Morgan fingerprint density at radius 2 is 2.08 bits per heavy atom. The van der Waals surface area contributed by atoms with E-state index in [0.717, 1.165) is 35.6 Å². The Labute approximate surface area is 155 Å².